The zero-order valence-corrected chi connectivity index (χ0v) is 21.6. The molecule has 1 atom stereocenters. The van der Waals surface area contributed by atoms with Gasteiger partial charge in [-0.2, -0.15) is 0 Å². The van der Waals surface area contributed by atoms with E-state index < -0.39 is 6.04 Å². The van der Waals surface area contributed by atoms with Gasteiger partial charge >= 0.3 is 0 Å². The Morgan fingerprint density at radius 1 is 0.914 bits per heavy atom. The fraction of sp³-hybridized carbons (Fsp3) is 0.333. The van der Waals surface area contributed by atoms with Gasteiger partial charge in [0.25, 0.3) is 0 Å². The number of hydrogen-bond acceptors (Lipinski definition) is 3. The molecule has 0 fully saturated rings. The maximum absolute atomic E-state index is 13.6. The van der Waals surface area contributed by atoms with Crippen LogP contribution in [0.15, 0.2) is 89.8 Å². The number of carbonyl (C=O) groups is 2. The predicted molar refractivity (Wildman–Crippen MR) is 145 cm³/mol. The summed E-state index contributed by atoms with van der Waals surface area (Å²) in [4.78, 5) is 30.0. The molecule has 184 valence electrons. The van der Waals surface area contributed by atoms with Crippen LogP contribution >= 0.6 is 11.8 Å². The van der Waals surface area contributed by atoms with Gasteiger partial charge in [-0.15, -0.1) is 11.8 Å². The van der Waals surface area contributed by atoms with E-state index in [9.17, 15) is 9.59 Å². The third-order valence-electron chi connectivity index (χ3n) is 6.03. The summed E-state index contributed by atoms with van der Waals surface area (Å²) in [6.07, 6.45) is 2.79. The van der Waals surface area contributed by atoms with Crippen LogP contribution in [0.25, 0.3) is 0 Å². The topological polar surface area (TPSA) is 49.4 Å². The van der Waals surface area contributed by atoms with Crippen molar-refractivity contribution in [1.82, 2.24) is 10.2 Å². The predicted octanol–water partition coefficient (Wildman–Crippen LogP) is 6.03. The second-order valence-electron chi connectivity index (χ2n) is 8.71. The van der Waals surface area contributed by atoms with E-state index in [4.69, 9.17) is 0 Å². The minimum absolute atomic E-state index is 0.00302. The van der Waals surface area contributed by atoms with E-state index in [0.717, 1.165) is 34.4 Å². The Balaban J connectivity index is 1.84. The molecule has 1 unspecified atom stereocenters. The molecule has 3 aromatic carbocycles. The number of thioether (sulfide) groups is 1. The normalized spacial score (nSPS) is 11.6. The van der Waals surface area contributed by atoms with Crippen LogP contribution in [0, 0.1) is 6.92 Å². The van der Waals surface area contributed by atoms with Crippen LogP contribution in [0.3, 0.4) is 0 Å². The number of amides is 2. The van der Waals surface area contributed by atoms with Crippen LogP contribution in [0.4, 0.5) is 0 Å². The average Bonchev–Trinajstić information content (AvgIpc) is 2.88. The van der Waals surface area contributed by atoms with E-state index in [-0.39, 0.29) is 11.8 Å². The first kappa shape index (κ1) is 26.6. The maximum atomic E-state index is 13.6. The molecule has 0 saturated heterocycles. The van der Waals surface area contributed by atoms with Gasteiger partial charge in [0, 0.05) is 36.6 Å². The van der Waals surface area contributed by atoms with Crippen LogP contribution in [0.1, 0.15) is 42.9 Å². The zero-order valence-electron chi connectivity index (χ0n) is 20.8. The van der Waals surface area contributed by atoms with Crippen LogP contribution in [0.2, 0.25) is 0 Å². The molecule has 2 amide bonds. The summed E-state index contributed by atoms with van der Waals surface area (Å²) in [5.74, 6) is 0.589. The first-order valence-electron chi connectivity index (χ1n) is 12.4. The first-order valence-corrected chi connectivity index (χ1v) is 13.4. The van der Waals surface area contributed by atoms with Crippen molar-refractivity contribution in [3.05, 3.63) is 102 Å². The minimum atomic E-state index is -0.567. The third-order valence-corrected chi connectivity index (χ3v) is 7.04. The molecule has 35 heavy (non-hydrogen) atoms. The number of unbranched alkanes of at least 4 members (excludes halogenated alkanes) is 1. The molecule has 0 heterocycles. The van der Waals surface area contributed by atoms with Gasteiger partial charge in [0.05, 0.1) is 0 Å². The highest BCUT2D eigenvalue weighted by Crippen LogP contribution is 2.21. The number of benzene rings is 3. The monoisotopic (exact) mass is 488 g/mol. The second-order valence-corrected chi connectivity index (χ2v) is 9.88. The van der Waals surface area contributed by atoms with Gasteiger partial charge in [-0.25, -0.2) is 0 Å². The smallest absolute Gasteiger partial charge is 0.243 e. The van der Waals surface area contributed by atoms with Gasteiger partial charge in [0.15, 0.2) is 0 Å². The first-order chi connectivity index (χ1) is 17.1. The molecule has 0 aliphatic rings. The molecule has 5 heteroatoms. The lowest BCUT2D eigenvalue weighted by atomic mass is 10.0. The molecule has 4 nitrogen and oxygen atoms in total. The molecule has 0 aliphatic heterocycles. The van der Waals surface area contributed by atoms with Crippen LogP contribution in [-0.2, 0) is 22.6 Å². The molecule has 0 spiro atoms. The Hall–Kier alpha value is -3.05. The van der Waals surface area contributed by atoms with Crippen molar-refractivity contribution in [3.63, 3.8) is 0 Å². The van der Waals surface area contributed by atoms with Gasteiger partial charge < -0.3 is 10.2 Å². The molecule has 3 rings (SSSR count). The highest BCUT2D eigenvalue weighted by atomic mass is 32.2. The Labute approximate surface area is 214 Å². The molecule has 0 aliphatic carbocycles. The molecular weight excluding hydrogens is 452 g/mol. The molecule has 0 aromatic heterocycles. The number of aryl methyl sites for hydroxylation is 1. The Morgan fingerprint density at radius 3 is 2.26 bits per heavy atom. The van der Waals surface area contributed by atoms with Crippen molar-refractivity contribution in [1.29, 1.82) is 0 Å². The van der Waals surface area contributed by atoms with Gasteiger partial charge in [-0.1, -0.05) is 86.1 Å². The standard InChI is InChI=1S/C30H36N2O2S/c1-3-4-20-31-30(34)28(22-25-14-7-5-8-15-25)32(23-26-16-12-11-13-24(26)2)29(33)19-21-35-27-17-9-6-10-18-27/h5-18,28H,3-4,19-23H2,1-2H3,(H,31,34). The van der Waals surface area contributed by atoms with Gasteiger partial charge in [0.1, 0.15) is 6.04 Å². The summed E-state index contributed by atoms with van der Waals surface area (Å²) >= 11 is 1.67. The van der Waals surface area contributed by atoms with E-state index >= 15 is 0 Å². The van der Waals surface area contributed by atoms with Crippen molar-refractivity contribution < 1.29 is 9.59 Å². The lowest BCUT2D eigenvalue weighted by Crippen LogP contribution is -2.50. The Bertz CT molecular complexity index is 1060. The summed E-state index contributed by atoms with van der Waals surface area (Å²) in [6, 6.07) is 27.6. The fourth-order valence-corrected chi connectivity index (χ4v) is 4.81. The number of nitrogens with zero attached hydrogens (tertiary/aromatic N) is 1. The summed E-state index contributed by atoms with van der Waals surface area (Å²) in [5.41, 5.74) is 3.23. The van der Waals surface area contributed by atoms with E-state index in [0.29, 0.717) is 31.7 Å². The van der Waals surface area contributed by atoms with E-state index in [1.165, 1.54) is 0 Å². The van der Waals surface area contributed by atoms with Crippen molar-refractivity contribution >= 4 is 23.6 Å². The molecule has 0 saturated carbocycles. The summed E-state index contributed by atoms with van der Waals surface area (Å²) in [6.45, 7) is 5.19. The average molecular weight is 489 g/mol. The minimum Gasteiger partial charge on any atom is -0.354 e. The van der Waals surface area contributed by atoms with Gasteiger partial charge in [-0.05, 0) is 42.2 Å². The van der Waals surface area contributed by atoms with Crippen LogP contribution in [-0.4, -0.2) is 35.1 Å². The number of nitrogens with one attached hydrogen (secondary N) is 1. The van der Waals surface area contributed by atoms with Gasteiger partial charge in [-0.3, -0.25) is 9.59 Å². The Morgan fingerprint density at radius 2 is 1.57 bits per heavy atom. The highest BCUT2D eigenvalue weighted by molar-refractivity contribution is 7.99. The third kappa shape index (κ3) is 8.59. The molecule has 0 bridgehead atoms. The summed E-state index contributed by atoms with van der Waals surface area (Å²) in [7, 11) is 0. The highest BCUT2D eigenvalue weighted by Gasteiger charge is 2.30. The lowest BCUT2D eigenvalue weighted by Gasteiger charge is -2.32. The van der Waals surface area contributed by atoms with Crippen molar-refractivity contribution in [2.75, 3.05) is 12.3 Å². The van der Waals surface area contributed by atoms with Crippen LogP contribution < -0.4 is 5.32 Å². The molecule has 1 N–H and O–H groups in total. The quantitative estimate of drug-likeness (QED) is 0.236. The van der Waals surface area contributed by atoms with Crippen molar-refractivity contribution in [2.45, 2.75) is 57.0 Å². The number of carbonyl (C=O) groups excluding carboxylic acids is 2. The number of hydrogen-bond donors (Lipinski definition) is 1. The summed E-state index contributed by atoms with van der Waals surface area (Å²) in [5, 5.41) is 3.08. The fourth-order valence-electron chi connectivity index (χ4n) is 3.95. The van der Waals surface area contributed by atoms with E-state index in [1.807, 2.05) is 66.7 Å². The molecule has 0 radical (unpaired) electrons. The molecular formula is C30H36N2O2S. The SMILES string of the molecule is CCCCNC(=O)C(Cc1ccccc1)N(Cc1ccccc1C)C(=O)CCSc1ccccc1. The lowest BCUT2D eigenvalue weighted by molar-refractivity contribution is -0.141. The Kier molecular flexibility index (Phi) is 10.9. The largest absolute Gasteiger partial charge is 0.354 e. The second kappa shape index (κ2) is 14.4. The van der Waals surface area contributed by atoms with E-state index in [2.05, 4.69) is 37.4 Å². The van der Waals surface area contributed by atoms with Crippen molar-refractivity contribution in [2.24, 2.45) is 0 Å². The maximum Gasteiger partial charge on any atom is 0.243 e. The van der Waals surface area contributed by atoms with Crippen molar-refractivity contribution in [3.8, 4) is 0 Å². The van der Waals surface area contributed by atoms with Crippen LogP contribution in [0.5, 0.6) is 0 Å². The van der Waals surface area contributed by atoms with Gasteiger partial charge in [0.2, 0.25) is 11.8 Å². The molecule has 3 aromatic rings. The number of rotatable bonds is 13. The van der Waals surface area contributed by atoms with E-state index in [1.54, 1.807) is 16.7 Å². The zero-order chi connectivity index (χ0) is 24.9. The summed E-state index contributed by atoms with van der Waals surface area (Å²) < 4.78 is 0.